The van der Waals surface area contributed by atoms with Crippen molar-refractivity contribution in [1.82, 2.24) is 5.32 Å². The average molecular weight is 256 g/mol. The van der Waals surface area contributed by atoms with Gasteiger partial charge in [-0.25, -0.2) is 8.78 Å². The zero-order valence-electron chi connectivity index (χ0n) is 10.8. The SMILES string of the molecule is C[C@@H](N)C(=O)NC(C)(C)Cc1ccc(F)c(F)c1. The van der Waals surface area contributed by atoms with Gasteiger partial charge < -0.3 is 11.1 Å². The van der Waals surface area contributed by atoms with Crippen LogP contribution in [0.15, 0.2) is 18.2 Å². The molecular formula is C13H18F2N2O. The quantitative estimate of drug-likeness (QED) is 0.862. The second-order valence-electron chi connectivity index (χ2n) is 5.09. The molecule has 0 aromatic heterocycles. The van der Waals surface area contributed by atoms with E-state index in [1.807, 2.05) is 0 Å². The van der Waals surface area contributed by atoms with Gasteiger partial charge in [-0.15, -0.1) is 0 Å². The highest BCUT2D eigenvalue weighted by molar-refractivity contribution is 5.81. The van der Waals surface area contributed by atoms with E-state index in [0.717, 1.165) is 12.1 Å². The first-order valence-corrected chi connectivity index (χ1v) is 5.73. The molecule has 1 amide bonds. The van der Waals surface area contributed by atoms with Crippen LogP contribution in [0.3, 0.4) is 0 Å². The third-order valence-electron chi connectivity index (χ3n) is 2.51. The summed E-state index contributed by atoms with van der Waals surface area (Å²) in [6.45, 7) is 5.19. The van der Waals surface area contributed by atoms with E-state index in [0.29, 0.717) is 12.0 Å². The monoisotopic (exact) mass is 256 g/mol. The Morgan fingerprint density at radius 2 is 2.00 bits per heavy atom. The molecule has 0 saturated heterocycles. The number of nitrogens with two attached hydrogens (primary N) is 1. The van der Waals surface area contributed by atoms with Crippen molar-refractivity contribution in [1.29, 1.82) is 0 Å². The molecule has 3 N–H and O–H groups in total. The van der Waals surface area contributed by atoms with Gasteiger partial charge in [0.05, 0.1) is 6.04 Å². The highest BCUT2D eigenvalue weighted by atomic mass is 19.2. The first kappa shape index (κ1) is 14.6. The summed E-state index contributed by atoms with van der Waals surface area (Å²) in [6.07, 6.45) is 0.392. The van der Waals surface area contributed by atoms with Crippen LogP contribution in [0.2, 0.25) is 0 Å². The summed E-state index contributed by atoms with van der Waals surface area (Å²) in [5, 5.41) is 2.76. The van der Waals surface area contributed by atoms with E-state index >= 15 is 0 Å². The number of hydrogen-bond donors (Lipinski definition) is 2. The Morgan fingerprint density at radius 3 is 2.50 bits per heavy atom. The van der Waals surface area contributed by atoms with Gasteiger partial charge in [0, 0.05) is 5.54 Å². The van der Waals surface area contributed by atoms with E-state index in [2.05, 4.69) is 5.32 Å². The molecule has 0 heterocycles. The molecule has 100 valence electrons. The Morgan fingerprint density at radius 1 is 1.39 bits per heavy atom. The number of nitrogens with one attached hydrogen (secondary N) is 1. The number of amides is 1. The minimum atomic E-state index is -0.887. The maximum absolute atomic E-state index is 13.1. The van der Waals surface area contributed by atoms with Crippen LogP contribution in [0.25, 0.3) is 0 Å². The van der Waals surface area contributed by atoms with Crippen LogP contribution < -0.4 is 11.1 Å². The molecule has 0 radical (unpaired) electrons. The lowest BCUT2D eigenvalue weighted by Gasteiger charge is -2.27. The molecule has 1 atom stereocenters. The summed E-state index contributed by atoms with van der Waals surface area (Å²) in [6, 6.07) is 3.11. The van der Waals surface area contributed by atoms with Gasteiger partial charge >= 0.3 is 0 Å². The number of carbonyl (C=O) groups excluding carboxylic acids is 1. The number of rotatable bonds is 4. The van der Waals surface area contributed by atoms with E-state index in [4.69, 9.17) is 5.73 Å². The summed E-state index contributed by atoms with van der Waals surface area (Å²) >= 11 is 0. The maximum atomic E-state index is 13.1. The Kier molecular flexibility index (Phi) is 4.40. The second-order valence-corrected chi connectivity index (χ2v) is 5.09. The highest BCUT2D eigenvalue weighted by Crippen LogP contribution is 2.15. The van der Waals surface area contributed by atoms with Crippen molar-refractivity contribution >= 4 is 5.91 Å². The van der Waals surface area contributed by atoms with E-state index in [1.165, 1.54) is 6.07 Å². The van der Waals surface area contributed by atoms with Crippen LogP contribution in [-0.2, 0) is 11.2 Å². The van der Waals surface area contributed by atoms with Crippen LogP contribution in [0.4, 0.5) is 8.78 Å². The molecule has 1 aromatic rings. The van der Waals surface area contributed by atoms with Crippen molar-refractivity contribution < 1.29 is 13.6 Å². The average Bonchev–Trinajstić information content (AvgIpc) is 2.22. The fraction of sp³-hybridized carbons (Fsp3) is 0.462. The van der Waals surface area contributed by atoms with Gasteiger partial charge in [-0.2, -0.15) is 0 Å². The van der Waals surface area contributed by atoms with E-state index in [9.17, 15) is 13.6 Å². The molecule has 1 aromatic carbocycles. The minimum Gasteiger partial charge on any atom is -0.350 e. The molecule has 0 aliphatic heterocycles. The van der Waals surface area contributed by atoms with Crippen molar-refractivity contribution in [2.24, 2.45) is 5.73 Å². The van der Waals surface area contributed by atoms with Gasteiger partial charge in [-0.3, -0.25) is 4.79 Å². The Bertz CT molecular complexity index is 445. The summed E-state index contributed by atoms with van der Waals surface area (Å²) in [7, 11) is 0. The third-order valence-corrected chi connectivity index (χ3v) is 2.51. The predicted molar refractivity (Wildman–Crippen MR) is 65.9 cm³/mol. The minimum absolute atomic E-state index is 0.275. The molecule has 0 aliphatic rings. The molecule has 0 unspecified atom stereocenters. The van der Waals surface area contributed by atoms with Crippen LogP contribution in [0.5, 0.6) is 0 Å². The zero-order chi connectivity index (χ0) is 13.9. The first-order valence-electron chi connectivity index (χ1n) is 5.73. The van der Waals surface area contributed by atoms with Crippen LogP contribution in [0, 0.1) is 11.6 Å². The van der Waals surface area contributed by atoms with Crippen LogP contribution in [-0.4, -0.2) is 17.5 Å². The van der Waals surface area contributed by atoms with Gasteiger partial charge in [0.25, 0.3) is 0 Å². The molecule has 0 aliphatic carbocycles. The normalized spacial score (nSPS) is 13.2. The van der Waals surface area contributed by atoms with E-state index in [1.54, 1.807) is 20.8 Å². The van der Waals surface area contributed by atoms with Gasteiger partial charge in [0.2, 0.25) is 5.91 Å². The molecule has 5 heteroatoms. The van der Waals surface area contributed by atoms with Gasteiger partial charge in [0.1, 0.15) is 0 Å². The fourth-order valence-electron chi connectivity index (χ4n) is 1.65. The molecule has 0 fully saturated rings. The van der Waals surface area contributed by atoms with E-state index in [-0.39, 0.29) is 5.91 Å². The fourth-order valence-corrected chi connectivity index (χ4v) is 1.65. The molecule has 0 bridgehead atoms. The molecular weight excluding hydrogens is 238 g/mol. The highest BCUT2D eigenvalue weighted by Gasteiger charge is 2.22. The first-order chi connectivity index (χ1) is 8.21. The summed E-state index contributed by atoms with van der Waals surface area (Å²) in [5.41, 5.74) is 5.50. The Labute approximate surface area is 105 Å². The predicted octanol–water partition coefficient (Wildman–Crippen LogP) is 1.75. The Hall–Kier alpha value is -1.49. The molecule has 18 heavy (non-hydrogen) atoms. The van der Waals surface area contributed by atoms with Crippen molar-refractivity contribution in [3.8, 4) is 0 Å². The number of benzene rings is 1. The lowest BCUT2D eigenvalue weighted by atomic mass is 9.94. The zero-order valence-corrected chi connectivity index (χ0v) is 10.8. The lowest BCUT2D eigenvalue weighted by Crippen LogP contribution is -2.50. The smallest absolute Gasteiger partial charge is 0.237 e. The number of carbonyl (C=O) groups is 1. The van der Waals surface area contributed by atoms with Crippen molar-refractivity contribution in [3.63, 3.8) is 0 Å². The van der Waals surface area contributed by atoms with Crippen LogP contribution >= 0.6 is 0 Å². The molecule has 1 rings (SSSR count). The number of halogens is 2. The molecule has 0 spiro atoms. The van der Waals surface area contributed by atoms with Gasteiger partial charge in [-0.1, -0.05) is 6.07 Å². The van der Waals surface area contributed by atoms with Gasteiger partial charge in [-0.05, 0) is 44.9 Å². The van der Waals surface area contributed by atoms with Crippen molar-refractivity contribution in [3.05, 3.63) is 35.4 Å². The Balaban J connectivity index is 2.75. The summed E-state index contributed by atoms with van der Waals surface area (Å²) in [4.78, 5) is 11.5. The van der Waals surface area contributed by atoms with Gasteiger partial charge in [0.15, 0.2) is 11.6 Å². The largest absolute Gasteiger partial charge is 0.350 e. The third kappa shape index (κ3) is 4.07. The van der Waals surface area contributed by atoms with Crippen molar-refractivity contribution in [2.75, 3.05) is 0 Å². The summed E-state index contributed by atoms with van der Waals surface area (Å²) < 4.78 is 25.8. The molecule has 0 saturated carbocycles. The van der Waals surface area contributed by atoms with E-state index < -0.39 is 23.2 Å². The number of hydrogen-bond acceptors (Lipinski definition) is 2. The standard InChI is InChI=1S/C13H18F2N2O/c1-8(16)12(18)17-13(2,3)7-9-4-5-10(14)11(15)6-9/h4-6,8H,7,16H2,1-3H3,(H,17,18)/t8-/m1/s1. The topological polar surface area (TPSA) is 55.1 Å². The van der Waals surface area contributed by atoms with Crippen molar-refractivity contribution in [2.45, 2.75) is 38.8 Å². The summed E-state index contributed by atoms with van der Waals surface area (Å²) in [5.74, 6) is -2.04. The second kappa shape index (κ2) is 5.44. The molecule has 3 nitrogen and oxygen atoms in total. The van der Waals surface area contributed by atoms with Crippen LogP contribution in [0.1, 0.15) is 26.3 Å². The maximum Gasteiger partial charge on any atom is 0.237 e. The lowest BCUT2D eigenvalue weighted by molar-refractivity contribution is -0.123.